The van der Waals surface area contributed by atoms with Gasteiger partial charge in [0.05, 0.1) is 0 Å². The summed E-state index contributed by atoms with van der Waals surface area (Å²) < 4.78 is 40.1. The molecule has 0 aliphatic heterocycles. The monoisotopic (exact) mass is 709 g/mol. The first-order valence-electron chi connectivity index (χ1n) is 11.6. The van der Waals surface area contributed by atoms with Crippen LogP contribution in [-0.4, -0.2) is 71.2 Å². The average molecular weight is 709 g/mol. The van der Waals surface area contributed by atoms with Gasteiger partial charge in [-0.25, -0.2) is 0 Å². The minimum absolute atomic E-state index is 0.124. The molecule has 1 aromatic carbocycles. The summed E-state index contributed by atoms with van der Waals surface area (Å²) in [6.45, 7) is 5.40. The van der Waals surface area contributed by atoms with E-state index in [4.69, 9.17) is 23.7 Å². The van der Waals surface area contributed by atoms with Crippen molar-refractivity contribution >= 4 is 30.4 Å². The Hall–Kier alpha value is -0.570. The van der Waals surface area contributed by atoms with E-state index in [1.807, 2.05) is 0 Å². The molecule has 0 N–H and O–H groups in total. The number of hydrogen-bond acceptors (Lipinski definition) is 7. The molecule has 0 aliphatic carbocycles. The summed E-state index contributed by atoms with van der Waals surface area (Å²) in [5, 5.41) is 0. The quantitative estimate of drug-likeness (QED) is 0.0792. The number of unbranched alkanes of at least 4 members (excludes halogenated alkanes) is 2. The molecule has 0 saturated heterocycles. The van der Waals surface area contributed by atoms with Crippen molar-refractivity contribution < 1.29 is 58.9 Å². The van der Waals surface area contributed by atoms with E-state index in [2.05, 4.69) is 6.92 Å². The maximum atomic E-state index is 12.5. The Kier molecular flexibility index (Phi) is 20.1. The predicted molar refractivity (Wildman–Crippen MR) is 133 cm³/mol. The summed E-state index contributed by atoms with van der Waals surface area (Å²) >= 11 is 0.891. The summed E-state index contributed by atoms with van der Waals surface area (Å²) in [4.78, 5) is 23.9. The van der Waals surface area contributed by atoms with E-state index in [0.29, 0.717) is 57.2 Å². The Labute approximate surface area is 226 Å². The molecule has 0 aliphatic rings. The van der Waals surface area contributed by atoms with Crippen molar-refractivity contribution in [1.82, 2.24) is 0 Å². The normalized spacial score (nSPS) is 12.0. The standard InChI is InChI=1S/C24H36FI2O7/c1-2-12-30-14-16-32-17-15-31-13-11-27-23(28)20-7-6-9-21(18-20)33-19-22(34-24(26)29)8-4-3-5-10-25/h6-7,9,18,22H,2-5,8,10-17,19H2,1H3/q-1. The zero-order chi connectivity index (χ0) is 24.9. The van der Waals surface area contributed by atoms with Crippen molar-refractivity contribution in [2.24, 2.45) is 0 Å². The van der Waals surface area contributed by atoms with Gasteiger partial charge in [0.2, 0.25) is 0 Å². The van der Waals surface area contributed by atoms with E-state index in [1.54, 1.807) is 46.9 Å². The Morgan fingerprint density at radius 1 is 1.00 bits per heavy atom. The van der Waals surface area contributed by atoms with Gasteiger partial charge in [0.1, 0.15) is 0 Å². The predicted octanol–water partition coefficient (Wildman–Crippen LogP) is 2.22. The first-order chi connectivity index (χ1) is 16.6. The van der Waals surface area contributed by atoms with Gasteiger partial charge in [0.25, 0.3) is 0 Å². The molecule has 0 saturated carbocycles. The number of alkyl halides is 2. The topological polar surface area (TPSA) is 80.3 Å². The molecule has 1 atom stereocenters. The molecular formula is C24H36FI2O7-. The third-order valence-corrected chi connectivity index (χ3v) is 7.00. The fourth-order valence-corrected chi connectivity index (χ4v) is 4.95. The molecule has 0 bridgehead atoms. The van der Waals surface area contributed by atoms with Crippen LogP contribution in [0.4, 0.5) is 9.18 Å². The number of carbonyl (C=O) groups is 2. The molecule has 34 heavy (non-hydrogen) atoms. The average Bonchev–Trinajstić information content (AvgIpc) is 2.83. The summed E-state index contributed by atoms with van der Waals surface area (Å²) in [6, 6.07) is 7.06. The second-order valence-corrected chi connectivity index (χ2v) is 11.0. The number of halogens is 3. The Morgan fingerprint density at radius 2 is 1.71 bits per heavy atom. The fraction of sp³-hybridized carbons (Fsp3) is 0.667. The number of hydrogen-bond donors (Lipinski definition) is 0. The number of ether oxygens (including phenoxy) is 5. The van der Waals surface area contributed by atoms with Crippen LogP contribution in [0.25, 0.3) is 0 Å². The molecule has 1 aromatic rings. The molecule has 0 heterocycles. The number of rotatable bonds is 22. The molecule has 10 heteroatoms. The van der Waals surface area contributed by atoms with Gasteiger partial charge in [-0.2, -0.15) is 0 Å². The summed E-state index contributed by atoms with van der Waals surface area (Å²) in [5.74, 6) is 0.560. The van der Waals surface area contributed by atoms with Gasteiger partial charge < -0.3 is 0 Å². The van der Waals surface area contributed by atoms with E-state index < -0.39 is 31.3 Å². The van der Waals surface area contributed by atoms with Crippen molar-refractivity contribution in [3.8, 4) is 5.75 Å². The van der Waals surface area contributed by atoms with Crippen LogP contribution < -0.4 is 25.9 Å². The van der Waals surface area contributed by atoms with E-state index in [9.17, 15) is 14.0 Å². The first kappa shape index (κ1) is 31.5. The minimum atomic E-state index is -0.694. The number of carbonyl (C=O) groups excluding carboxylic acids is 2. The van der Waals surface area contributed by atoms with Gasteiger partial charge in [0.15, 0.2) is 0 Å². The molecule has 0 radical (unpaired) electrons. The molecule has 1 unspecified atom stereocenters. The molecule has 0 spiro atoms. The van der Waals surface area contributed by atoms with Crippen molar-refractivity contribution in [3.63, 3.8) is 0 Å². The van der Waals surface area contributed by atoms with Crippen LogP contribution in [-0.2, 0) is 18.9 Å². The molecule has 196 valence electrons. The first-order valence-corrected chi connectivity index (χ1v) is 15.3. The molecule has 0 aromatic heterocycles. The zero-order valence-electron chi connectivity index (χ0n) is 19.8. The molecule has 1 rings (SSSR count). The van der Waals surface area contributed by atoms with E-state index >= 15 is 0 Å². The van der Waals surface area contributed by atoms with Crippen LogP contribution in [0.15, 0.2) is 24.3 Å². The summed E-state index contributed by atoms with van der Waals surface area (Å²) in [7, 11) is 0. The van der Waals surface area contributed by atoms with Gasteiger partial charge in [-0.1, -0.05) is 0 Å². The molecule has 0 amide bonds. The van der Waals surface area contributed by atoms with Gasteiger partial charge in [-0.3, -0.25) is 4.39 Å². The Balaban J connectivity index is 2.28. The van der Waals surface area contributed by atoms with Gasteiger partial charge >= 0.3 is 223 Å². The molecular weight excluding hydrogens is 673 g/mol. The summed E-state index contributed by atoms with van der Waals surface area (Å²) in [6.07, 6.45) is 3.21. The van der Waals surface area contributed by atoms with Gasteiger partial charge in [0, 0.05) is 0 Å². The second kappa shape index (κ2) is 21.7. The van der Waals surface area contributed by atoms with Crippen molar-refractivity contribution in [3.05, 3.63) is 29.8 Å². The van der Waals surface area contributed by atoms with Crippen molar-refractivity contribution in [2.75, 3.05) is 57.4 Å². The van der Waals surface area contributed by atoms with Crippen LogP contribution in [0.1, 0.15) is 49.4 Å². The molecule has 0 fully saturated rings. The van der Waals surface area contributed by atoms with E-state index in [1.165, 1.54) is 0 Å². The van der Waals surface area contributed by atoms with E-state index in [0.717, 1.165) is 30.3 Å². The van der Waals surface area contributed by atoms with Crippen molar-refractivity contribution in [2.45, 2.75) is 45.1 Å². The SMILES string of the molecule is CCCOCCOCCOCC[I-]C(=O)c1cccc(OCC(CCCCCF)OC(=O)I)c1. The Bertz CT molecular complexity index is 678. The summed E-state index contributed by atoms with van der Waals surface area (Å²) in [5.41, 5.74) is 0.617. The van der Waals surface area contributed by atoms with E-state index in [-0.39, 0.29) is 17.1 Å². The number of benzene rings is 1. The van der Waals surface area contributed by atoms with Gasteiger partial charge in [-0.05, 0) is 0 Å². The Morgan fingerprint density at radius 3 is 2.38 bits per heavy atom. The zero-order valence-corrected chi connectivity index (χ0v) is 24.1. The fourth-order valence-electron chi connectivity index (χ4n) is 2.79. The third-order valence-electron chi connectivity index (χ3n) is 4.45. The van der Waals surface area contributed by atoms with Crippen LogP contribution in [0.5, 0.6) is 5.75 Å². The van der Waals surface area contributed by atoms with Gasteiger partial charge in [-0.15, -0.1) is 0 Å². The second-order valence-electron chi connectivity index (χ2n) is 7.29. The van der Waals surface area contributed by atoms with Crippen molar-refractivity contribution in [1.29, 1.82) is 0 Å². The third kappa shape index (κ3) is 17.0. The maximum absolute atomic E-state index is 12.5. The van der Waals surface area contributed by atoms with Crippen LogP contribution in [0, 0.1) is 0 Å². The van der Waals surface area contributed by atoms with Crippen LogP contribution in [0.3, 0.4) is 0 Å². The van der Waals surface area contributed by atoms with Crippen LogP contribution in [0.2, 0.25) is 0 Å². The molecule has 7 nitrogen and oxygen atoms in total. The van der Waals surface area contributed by atoms with Crippen LogP contribution >= 0.6 is 22.6 Å².